The van der Waals surface area contributed by atoms with Crippen LogP contribution in [0.3, 0.4) is 0 Å². The molecule has 1 saturated heterocycles. The van der Waals surface area contributed by atoms with E-state index in [1.54, 1.807) is 12.1 Å². The SMILES string of the molecule is O=C(O)c1ccc(N2CCC(C(=O)c3ccccc3-c3ccc(Cl)cc3)CC2)cc1. The van der Waals surface area contributed by atoms with Crippen LogP contribution in [0.15, 0.2) is 72.8 Å². The summed E-state index contributed by atoms with van der Waals surface area (Å²) in [7, 11) is 0. The van der Waals surface area contributed by atoms with Crippen molar-refractivity contribution in [1.29, 1.82) is 0 Å². The fraction of sp³-hybridized carbons (Fsp3) is 0.200. The summed E-state index contributed by atoms with van der Waals surface area (Å²) < 4.78 is 0. The van der Waals surface area contributed by atoms with Gasteiger partial charge in [0.1, 0.15) is 0 Å². The number of aromatic carboxylic acids is 1. The van der Waals surface area contributed by atoms with E-state index in [9.17, 15) is 9.59 Å². The van der Waals surface area contributed by atoms with Crippen LogP contribution in [0.4, 0.5) is 5.69 Å². The molecule has 0 atom stereocenters. The lowest BCUT2D eigenvalue weighted by Gasteiger charge is -2.33. The highest BCUT2D eigenvalue weighted by Crippen LogP contribution is 2.31. The van der Waals surface area contributed by atoms with Gasteiger partial charge in [-0.2, -0.15) is 0 Å². The molecule has 0 spiro atoms. The molecule has 0 radical (unpaired) electrons. The molecule has 0 amide bonds. The normalized spacial score (nSPS) is 14.5. The summed E-state index contributed by atoms with van der Waals surface area (Å²) in [5.41, 5.74) is 3.95. The van der Waals surface area contributed by atoms with E-state index in [0.29, 0.717) is 5.02 Å². The highest BCUT2D eigenvalue weighted by Gasteiger charge is 2.27. The zero-order valence-electron chi connectivity index (χ0n) is 16.4. The molecule has 0 bridgehead atoms. The second kappa shape index (κ2) is 8.72. The summed E-state index contributed by atoms with van der Waals surface area (Å²) in [5, 5.41) is 9.72. The molecule has 1 fully saturated rings. The number of carboxylic acid groups (broad SMARTS) is 1. The summed E-state index contributed by atoms with van der Waals surface area (Å²) in [4.78, 5) is 26.6. The fourth-order valence-corrected chi connectivity index (χ4v) is 4.14. The van der Waals surface area contributed by atoms with Crippen molar-refractivity contribution in [3.05, 3.63) is 88.9 Å². The number of rotatable bonds is 5. The van der Waals surface area contributed by atoms with E-state index >= 15 is 0 Å². The highest BCUT2D eigenvalue weighted by molar-refractivity contribution is 6.30. The Labute approximate surface area is 180 Å². The van der Waals surface area contributed by atoms with Crippen molar-refractivity contribution in [3.63, 3.8) is 0 Å². The lowest BCUT2D eigenvalue weighted by Crippen LogP contribution is -2.36. The maximum atomic E-state index is 13.3. The minimum Gasteiger partial charge on any atom is -0.478 e. The average Bonchev–Trinajstić information content (AvgIpc) is 2.79. The standard InChI is InChI=1S/C25H22ClNO3/c26-20-9-5-17(6-10-20)22-3-1-2-4-23(22)24(28)18-13-15-27(16-14-18)21-11-7-19(8-12-21)25(29)30/h1-12,18H,13-16H2,(H,29,30). The molecule has 0 aromatic heterocycles. The number of nitrogens with zero attached hydrogens (tertiary/aromatic N) is 1. The second-order valence-corrected chi connectivity index (χ2v) is 7.97. The minimum absolute atomic E-state index is 0.0204. The van der Waals surface area contributed by atoms with Crippen molar-refractivity contribution in [1.82, 2.24) is 0 Å². The molecule has 0 aliphatic carbocycles. The lowest BCUT2D eigenvalue weighted by molar-refractivity contribution is 0.0696. The molecular formula is C25H22ClNO3. The Morgan fingerprint density at radius 3 is 2.13 bits per heavy atom. The molecule has 4 rings (SSSR count). The number of hydrogen-bond acceptors (Lipinski definition) is 3. The van der Waals surface area contributed by atoms with Crippen molar-refractivity contribution in [2.75, 3.05) is 18.0 Å². The number of hydrogen-bond donors (Lipinski definition) is 1. The predicted octanol–water partition coefficient (Wildman–Crippen LogP) is 5.80. The van der Waals surface area contributed by atoms with Crippen molar-refractivity contribution < 1.29 is 14.7 Å². The number of carbonyl (C=O) groups is 2. The maximum absolute atomic E-state index is 13.3. The fourth-order valence-electron chi connectivity index (χ4n) is 4.01. The lowest BCUT2D eigenvalue weighted by atomic mass is 9.85. The topological polar surface area (TPSA) is 57.6 Å². The number of carboxylic acids is 1. The van der Waals surface area contributed by atoms with Gasteiger partial charge in [-0.25, -0.2) is 4.79 Å². The molecule has 4 nitrogen and oxygen atoms in total. The number of ketones is 1. The molecule has 30 heavy (non-hydrogen) atoms. The molecule has 152 valence electrons. The molecule has 0 unspecified atom stereocenters. The van der Waals surface area contributed by atoms with E-state index in [-0.39, 0.29) is 17.3 Å². The summed E-state index contributed by atoms with van der Waals surface area (Å²) >= 11 is 6.01. The molecule has 1 aliphatic rings. The van der Waals surface area contributed by atoms with Gasteiger partial charge in [0.05, 0.1) is 5.56 Å². The summed E-state index contributed by atoms with van der Waals surface area (Å²) in [6, 6.07) is 22.2. The van der Waals surface area contributed by atoms with E-state index in [1.165, 1.54) is 0 Å². The van der Waals surface area contributed by atoms with E-state index in [2.05, 4.69) is 4.90 Å². The molecule has 5 heteroatoms. The number of Topliss-reactive ketones (excluding diaryl/α,β-unsaturated/α-hetero) is 1. The van der Waals surface area contributed by atoms with Gasteiger partial charge in [0.15, 0.2) is 5.78 Å². The summed E-state index contributed by atoms with van der Waals surface area (Å²) in [5.74, 6) is -0.764. The first kappa shape index (κ1) is 20.2. The predicted molar refractivity (Wildman–Crippen MR) is 120 cm³/mol. The first-order valence-electron chi connectivity index (χ1n) is 10.0. The average molecular weight is 420 g/mol. The third kappa shape index (κ3) is 4.24. The molecule has 3 aromatic carbocycles. The summed E-state index contributed by atoms with van der Waals surface area (Å²) in [6.45, 7) is 1.54. The van der Waals surface area contributed by atoms with Crippen molar-refractivity contribution in [3.8, 4) is 11.1 Å². The minimum atomic E-state index is -0.926. The Hall–Kier alpha value is -3.11. The van der Waals surface area contributed by atoms with Gasteiger partial charge in [-0.15, -0.1) is 0 Å². The van der Waals surface area contributed by atoms with E-state index < -0.39 is 5.97 Å². The number of benzene rings is 3. The van der Waals surface area contributed by atoms with Crippen LogP contribution < -0.4 is 4.90 Å². The van der Waals surface area contributed by atoms with Crippen LogP contribution in [0.25, 0.3) is 11.1 Å². The third-order valence-electron chi connectivity index (χ3n) is 5.69. The van der Waals surface area contributed by atoms with Crippen LogP contribution in [0.5, 0.6) is 0 Å². The van der Waals surface area contributed by atoms with E-state index in [1.807, 2.05) is 60.7 Å². The number of piperidine rings is 1. The Kier molecular flexibility index (Phi) is 5.86. The molecule has 0 saturated carbocycles. The van der Waals surface area contributed by atoms with Gasteiger partial charge in [0, 0.05) is 35.3 Å². The van der Waals surface area contributed by atoms with Gasteiger partial charge in [0.2, 0.25) is 0 Å². The Bertz CT molecular complexity index is 1050. The van der Waals surface area contributed by atoms with Crippen LogP contribution in [-0.2, 0) is 0 Å². The van der Waals surface area contributed by atoms with E-state index in [4.69, 9.17) is 16.7 Å². The monoisotopic (exact) mass is 419 g/mol. The number of carbonyl (C=O) groups excluding carboxylic acids is 1. The van der Waals surface area contributed by atoms with Crippen molar-refractivity contribution in [2.45, 2.75) is 12.8 Å². The first-order chi connectivity index (χ1) is 14.5. The van der Waals surface area contributed by atoms with Crippen LogP contribution in [0.2, 0.25) is 5.02 Å². The smallest absolute Gasteiger partial charge is 0.335 e. The van der Waals surface area contributed by atoms with Crippen LogP contribution >= 0.6 is 11.6 Å². The Balaban J connectivity index is 1.47. The highest BCUT2D eigenvalue weighted by atomic mass is 35.5. The van der Waals surface area contributed by atoms with Crippen LogP contribution in [0, 0.1) is 5.92 Å². The second-order valence-electron chi connectivity index (χ2n) is 7.53. The van der Waals surface area contributed by atoms with Crippen molar-refractivity contribution >= 4 is 29.0 Å². The van der Waals surface area contributed by atoms with Gasteiger partial charge < -0.3 is 10.0 Å². The van der Waals surface area contributed by atoms with Crippen LogP contribution in [0.1, 0.15) is 33.6 Å². The largest absolute Gasteiger partial charge is 0.478 e. The number of halogens is 1. The van der Waals surface area contributed by atoms with Crippen molar-refractivity contribution in [2.24, 2.45) is 5.92 Å². The molecule has 1 heterocycles. The van der Waals surface area contributed by atoms with Gasteiger partial charge in [-0.1, -0.05) is 48.0 Å². The van der Waals surface area contributed by atoms with Gasteiger partial charge in [0.25, 0.3) is 0 Å². The molecule has 1 aliphatic heterocycles. The van der Waals surface area contributed by atoms with E-state index in [0.717, 1.165) is 48.3 Å². The Morgan fingerprint density at radius 2 is 1.50 bits per heavy atom. The summed E-state index contributed by atoms with van der Waals surface area (Å²) in [6.07, 6.45) is 1.54. The zero-order chi connectivity index (χ0) is 21.1. The molecule has 1 N–H and O–H groups in total. The molecular weight excluding hydrogens is 398 g/mol. The maximum Gasteiger partial charge on any atom is 0.335 e. The molecule has 3 aromatic rings. The number of anilines is 1. The third-order valence-corrected chi connectivity index (χ3v) is 5.94. The quantitative estimate of drug-likeness (QED) is 0.530. The Morgan fingerprint density at radius 1 is 0.867 bits per heavy atom. The van der Waals surface area contributed by atoms with Crippen LogP contribution in [-0.4, -0.2) is 29.9 Å². The van der Waals surface area contributed by atoms with Gasteiger partial charge >= 0.3 is 5.97 Å². The first-order valence-corrected chi connectivity index (χ1v) is 10.4. The zero-order valence-corrected chi connectivity index (χ0v) is 17.2. The van der Waals surface area contributed by atoms with Gasteiger partial charge in [-0.05, 0) is 60.4 Å². The van der Waals surface area contributed by atoms with Gasteiger partial charge in [-0.3, -0.25) is 4.79 Å².